The number of aromatic nitrogens is 2. The molecular formula is C15H21N5O2. The van der Waals surface area contributed by atoms with Gasteiger partial charge in [-0.25, -0.2) is 0 Å². The van der Waals surface area contributed by atoms with Crippen LogP contribution in [-0.4, -0.2) is 48.8 Å². The lowest BCUT2D eigenvalue weighted by molar-refractivity contribution is 0.190. The van der Waals surface area contributed by atoms with E-state index in [-0.39, 0.29) is 6.04 Å². The highest BCUT2D eigenvalue weighted by Gasteiger charge is 2.25. The van der Waals surface area contributed by atoms with Crippen LogP contribution in [0.25, 0.3) is 0 Å². The number of methoxy groups -OCH3 is 1. The maximum absolute atomic E-state index is 5.34. The van der Waals surface area contributed by atoms with Crippen LogP contribution < -0.4 is 15.4 Å². The van der Waals surface area contributed by atoms with Crippen LogP contribution in [0.4, 0.5) is 5.69 Å². The first-order valence-electron chi connectivity index (χ1n) is 7.38. The van der Waals surface area contributed by atoms with Crippen LogP contribution in [0.1, 0.15) is 17.8 Å². The summed E-state index contributed by atoms with van der Waals surface area (Å²) < 4.78 is 10.6. The molecule has 0 radical (unpaired) electrons. The van der Waals surface area contributed by atoms with Crippen molar-refractivity contribution < 1.29 is 9.26 Å². The molecule has 0 amide bonds. The summed E-state index contributed by atoms with van der Waals surface area (Å²) in [6, 6.07) is 7.91. The van der Waals surface area contributed by atoms with Crippen molar-refractivity contribution in [1.29, 1.82) is 0 Å². The highest BCUT2D eigenvalue weighted by atomic mass is 16.5. The molecule has 1 aliphatic heterocycles. The zero-order chi connectivity index (χ0) is 15.4. The first-order valence-corrected chi connectivity index (χ1v) is 7.38. The van der Waals surface area contributed by atoms with E-state index < -0.39 is 0 Å². The fourth-order valence-corrected chi connectivity index (χ4v) is 2.53. The van der Waals surface area contributed by atoms with Crippen LogP contribution in [0.3, 0.4) is 0 Å². The summed E-state index contributed by atoms with van der Waals surface area (Å²) in [7, 11) is 3.73. The van der Waals surface area contributed by atoms with Crippen molar-refractivity contribution in [1.82, 2.24) is 20.4 Å². The standard InChI is InChI=1S/C15H21N5O2/c1-20-8-7-16-9-12(20)15-18-14(22-19-15)10-17-11-5-3-4-6-13(11)21-2/h3-6,12,16-17H,7-10H2,1-2H3. The summed E-state index contributed by atoms with van der Waals surface area (Å²) in [5, 5.41) is 10.7. The smallest absolute Gasteiger partial charge is 0.246 e. The van der Waals surface area contributed by atoms with Gasteiger partial charge in [-0.15, -0.1) is 0 Å². The molecule has 1 aromatic carbocycles. The number of hydrogen-bond acceptors (Lipinski definition) is 7. The number of rotatable bonds is 5. The fourth-order valence-electron chi connectivity index (χ4n) is 2.53. The Morgan fingerprint density at radius 2 is 2.32 bits per heavy atom. The van der Waals surface area contributed by atoms with Gasteiger partial charge in [0.05, 0.1) is 25.4 Å². The van der Waals surface area contributed by atoms with E-state index in [4.69, 9.17) is 9.26 Å². The maximum Gasteiger partial charge on any atom is 0.246 e. The number of piperazine rings is 1. The van der Waals surface area contributed by atoms with Crippen LogP contribution in [0, 0.1) is 0 Å². The van der Waals surface area contributed by atoms with Crippen LogP contribution in [0.15, 0.2) is 28.8 Å². The second kappa shape index (κ2) is 6.76. The molecule has 7 nitrogen and oxygen atoms in total. The van der Waals surface area contributed by atoms with Crippen LogP contribution in [0.5, 0.6) is 5.75 Å². The molecule has 3 rings (SSSR count). The molecule has 22 heavy (non-hydrogen) atoms. The summed E-state index contributed by atoms with van der Waals surface area (Å²) in [6.45, 7) is 3.29. The summed E-state index contributed by atoms with van der Waals surface area (Å²) in [6.07, 6.45) is 0. The Balaban J connectivity index is 1.64. The molecule has 7 heteroatoms. The van der Waals surface area contributed by atoms with E-state index in [1.54, 1.807) is 7.11 Å². The second-order valence-electron chi connectivity index (χ2n) is 5.30. The summed E-state index contributed by atoms with van der Waals surface area (Å²) >= 11 is 0. The van der Waals surface area contributed by atoms with Gasteiger partial charge in [-0.1, -0.05) is 17.3 Å². The lowest BCUT2D eigenvalue weighted by atomic mass is 10.2. The van der Waals surface area contributed by atoms with E-state index in [2.05, 4.69) is 32.7 Å². The Morgan fingerprint density at radius 1 is 1.45 bits per heavy atom. The Bertz CT molecular complexity index is 615. The maximum atomic E-state index is 5.34. The van der Waals surface area contributed by atoms with Crippen molar-refractivity contribution in [3.63, 3.8) is 0 Å². The minimum absolute atomic E-state index is 0.164. The number of hydrogen-bond donors (Lipinski definition) is 2. The Kier molecular flexibility index (Phi) is 4.55. The Morgan fingerprint density at radius 3 is 3.14 bits per heavy atom. The van der Waals surface area contributed by atoms with E-state index in [1.165, 1.54) is 0 Å². The van der Waals surface area contributed by atoms with E-state index >= 15 is 0 Å². The molecule has 2 N–H and O–H groups in total. The van der Waals surface area contributed by atoms with Crippen molar-refractivity contribution in [3.05, 3.63) is 36.0 Å². The summed E-state index contributed by atoms with van der Waals surface area (Å²) in [5.74, 6) is 2.09. The Hall–Kier alpha value is -2.12. The van der Waals surface area contributed by atoms with Crippen molar-refractivity contribution in [2.45, 2.75) is 12.6 Å². The zero-order valence-electron chi connectivity index (χ0n) is 12.9. The minimum atomic E-state index is 0.164. The number of benzene rings is 1. The predicted octanol–water partition coefficient (Wildman–Crippen LogP) is 1.27. The quantitative estimate of drug-likeness (QED) is 0.861. The topological polar surface area (TPSA) is 75.5 Å². The molecule has 1 aliphatic rings. The van der Waals surface area contributed by atoms with Gasteiger partial charge in [-0.3, -0.25) is 4.90 Å². The fraction of sp³-hybridized carbons (Fsp3) is 0.467. The predicted molar refractivity (Wildman–Crippen MR) is 82.9 cm³/mol. The molecule has 0 saturated carbocycles. The molecule has 2 heterocycles. The first-order chi connectivity index (χ1) is 10.8. The van der Waals surface area contributed by atoms with Gasteiger partial charge in [0.1, 0.15) is 5.75 Å². The van der Waals surface area contributed by atoms with Gasteiger partial charge < -0.3 is 19.9 Å². The average molecular weight is 303 g/mol. The lowest BCUT2D eigenvalue weighted by Gasteiger charge is -2.30. The molecule has 0 bridgehead atoms. The largest absolute Gasteiger partial charge is 0.495 e. The number of ether oxygens (including phenoxy) is 1. The van der Waals surface area contributed by atoms with E-state index in [0.29, 0.717) is 12.4 Å². The highest BCUT2D eigenvalue weighted by molar-refractivity contribution is 5.55. The number of nitrogens with zero attached hydrogens (tertiary/aromatic N) is 3. The monoisotopic (exact) mass is 303 g/mol. The molecule has 118 valence electrons. The van der Waals surface area contributed by atoms with Gasteiger partial charge in [-0.2, -0.15) is 4.98 Å². The van der Waals surface area contributed by atoms with Gasteiger partial charge in [-0.05, 0) is 19.2 Å². The molecule has 0 aliphatic carbocycles. The molecule has 1 fully saturated rings. The van der Waals surface area contributed by atoms with E-state index in [9.17, 15) is 0 Å². The minimum Gasteiger partial charge on any atom is -0.495 e. The molecule has 0 spiro atoms. The van der Waals surface area contributed by atoms with Crippen molar-refractivity contribution in [2.75, 3.05) is 39.1 Å². The van der Waals surface area contributed by atoms with Crippen LogP contribution in [0.2, 0.25) is 0 Å². The van der Waals surface area contributed by atoms with Gasteiger partial charge >= 0.3 is 0 Å². The molecule has 1 atom stereocenters. The number of likely N-dealkylation sites (N-methyl/N-ethyl adjacent to an activating group) is 1. The summed E-state index contributed by atoms with van der Waals surface area (Å²) in [5.41, 5.74) is 0.904. The normalized spacial score (nSPS) is 19.1. The SMILES string of the molecule is COc1ccccc1NCc1nc(C2CNCCN2C)no1. The molecule has 1 unspecified atom stereocenters. The highest BCUT2D eigenvalue weighted by Crippen LogP contribution is 2.24. The van der Waals surface area contributed by atoms with Gasteiger partial charge in [0.15, 0.2) is 5.82 Å². The average Bonchev–Trinajstić information content (AvgIpc) is 3.02. The lowest BCUT2D eigenvalue weighted by Crippen LogP contribution is -2.44. The molecule has 2 aromatic rings. The second-order valence-corrected chi connectivity index (χ2v) is 5.30. The van der Waals surface area contributed by atoms with Crippen LogP contribution >= 0.6 is 0 Å². The molecular weight excluding hydrogens is 282 g/mol. The number of nitrogens with one attached hydrogen (secondary N) is 2. The van der Waals surface area contributed by atoms with E-state index in [1.807, 2.05) is 24.3 Å². The van der Waals surface area contributed by atoms with Gasteiger partial charge in [0.2, 0.25) is 5.89 Å². The third-order valence-electron chi connectivity index (χ3n) is 3.83. The first kappa shape index (κ1) is 14.8. The summed E-state index contributed by atoms with van der Waals surface area (Å²) in [4.78, 5) is 6.73. The Labute approximate surface area is 129 Å². The zero-order valence-corrected chi connectivity index (χ0v) is 12.9. The van der Waals surface area contributed by atoms with Crippen molar-refractivity contribution in [2.24, 2.45) is 0 Å². The van der Waals surface area contributed by atoms with Crippen LogP contribution in [-0.2, 0) is 6.54 Å². The van der Waals surface area contributed by atoms with Gasteiger partial charge in [0.25, 0.3) is 0 Å². The molecule has 1 saturated heterocycles. The number of anilines is 1. The number of para-hydroxylation sites is 2. The van der Waals surface area contributed by atoms with E-state index in [0.717, 1.165) is 36.9 Å². The van der Waals surface area contributed by atoms with Gasteiger partial charge in [0, 0.05) is 19.6 Å². The van der Waals surface area contributed by atoms with Crippen molar-refractivity contribution in [3.8, 4) is 5.75 Å². The molecule has 1 aromatic heterocycles. The third-order valence-corrected chi connectivity index (χ3v) is 3.83. The van der Waals surface area contributed by atoms with Crippen molar-refractivity contribution >= 4 is 5.69 Å². The third kappa shape index (κ3) is 3.20.